The first-order chi connectivity index (χ1) is 42.1. The Labute approximate surface area is 525 Å². The molecular formula is C83H86O5. The van der Waals surface area contributed by atoms with E-state index in [1.807, 2.05) is 234 Å². The Morgan fingerprint density at radius 2 is 0.420 bits per heavy atom. The fraction of sp³-hybridized carbons (Fsp3) is 0.169. The van der Waals surface area contributed by atoms with Crippen molar-refractivity contribution in [3.05, 3.63) is 369 Å². The quantitative estimate of drug-likeness (QED) is 0.128. The van der Waals surface area contributed by atoms with E-state index in [2.05, 4.69) is 127 Å². The van der Waals surface area contributed by atoms with E-state index < -0.39 is 0 Å². The molecular weight excluding hydrogens is 1080 g/mol. The number of carbonyl (C=O) groups is 3. The van der Waals surface area contributed by atoms with E-state index >= 15 is 0 Å². The molecule has 0 heterocycles. The highest BCUT2D eigenvalue weighted by molar-refractivity contribution is 6.09. The SMILES string of the molecule is CC(=O)c1ccc(C)cc1.CC(=O)c1ccc(C)cc1.Cc1ccc(C(=O)c2ccc(C)cc2)cc1.Cc1ccc(C(C)(C)c2ccccc2)cc1.Cc1ccc(C)cc1.Cc1ccc(Oc2ccc(Oc3ccc(C)cc3)cc2)cc1.c1ccccc1. The minimum Gasteiger partial charge on any atom is -0.457 e. The van der Waals surface area contributed by atoms with Crippen molar-refractivity contribution in [2.45, 2.75) is 95.4 Å². The van der Waals surface area contributed by atoms with Crippen molar-refractivity contribution < 1.29 is 23.9 Å². The number of Topliss-reactive ketones (excluding diaryl/α,β-unsaturated/α-hetero) is 2. The van der Waals surface area contributed by atoms with Gasteiger partial charge in [0.15, 0.2) is 17.3 Å². The molecule has 0 spiro atoms. The lowest BCUT2D eigenvalue weighted by Gasteiger charge is -2.26. The van der Waals surface area contributed by atoms with Gasteiger partial charge in [0.05, 0.1) is 0 Å². The van der Waals surface area contributed by atoms with Crippen LogP contribution < -0.4 is 9.47 Å². The predicted octanol–water partition coefficient (Wildman–Crippen LogP) is 22.1. The molecule has 0 amide bonds. The summed E-state index contributed by atoms with van der Waals surface area (Å²) in [6.07, 6.45) is 0. The van der Waals surface area contributed by atoms with Crippen LogP contribution in [0.1, 0.15) is 126 Å². The van der Waals surface area contributed by atoms with Crippen LogP contribution >= 0.6 is 0 Å². The van der Waals surface area contributed by atoms with Crippen molar-refractivity contribution >= 4 is 17.3 Å². The summed E-state index contributed by atoms with van der Waals surface area (Å²) in [5.41, 5.74) is 17.0. The van der Waals surface area contributed by atoms with E-state index in [1.165, 1.54) is 61.2 Å². The zero-order valence-electron chi connectivity index (χ0n) is 53.7. The van der Waals surface area contributed by atoms with Crippen LogP contribution in [-0.2, 0) is 5.41 Å². The molecule has 11 rings (SSSR count). The van der Waals surface area contributed by atoms with E-state index in [0.717, 1.165) is 45.3 Å². The van der Waals surface area contributed by atoms with Crippen LogP contribution in [-0.4, -0.2) is 17.3 Å². The second-order valence-corrected chi connectivity index (χ2v) is 22.4. The van der Waals surface area contributed by atoms with Crippen molar-refractivity contribution in [1.82, 2.24) is 0 Å². The number of ether oxygens (including phenoxy) is 2. The minimum absolute atomic E-state index is 0.0783. The number of aryl methyl sites for hydroxylation is 9. The third-order valence-corrected chi connectivity index (χ3v) is 14.0. The smallest absolute Gasteiger partial charge is 0.193 e. The first kappa shape index (κ1) is 68.8. The van der Waals surface area contributed by atoms with Crippen molar-refractivity contribution in [3.63, 3.8) is 0 Å². The Kier molecular flexibility index (Phi) is 28.2. The molecule has 5 nitrogen and oxygen atoms in total. The third kappa shape index (κ3) is 25.3. The van der Waals surface area contributed by atoms with Gasteiger partial charge in [0.2, 0.25) is 0 Å². The van der Waals surface area contributed by atoms with Crippen LogP contribution in [0.15, 0.2) is 285 Å². The normalized spacial score (nSPS) is 10.0. The summed E-state index contributed by atoms with van der Waals surface area (Å²) in [6, 6.07) is 94.0. The highest BCUT2D eigenvalue weighted by atomic mass is 16.5. The van der Waals surface area contributed by atoms with Crippen molar-refractivity contribution in [1.29, 1.82) is 0 Å². The molecule has 0 radical (unpaired) electrons. The summed E-state index contributed by atoms with van der Waals surface area (Å²) in [7, 11) is 0. The lowest BCUT2D eigenvalue weighted by Crippen LogP contribution is -2.18. The summed E-state index contributed by atoms with van der Waals surface area (Å²) >= 11 is 0. The summed E-state index contributed by atoms with van der Waals surface area (Å²) in [5, 5.41) is 0. The summed E-state index contributed by atoms with van der Waals surface area (Å²) in [5.74, 6) is 3.58. The number of hydrogen-bond donors (Lipinski definition) is 0. The highest BCUT2D eigenvalue weighted by Gasteiger charge is 2.22. The topological polar surface area (TPSA) is 69.7 Å². The van der Waals surface area contributed by atoms with Crippen molar-refractivity contribution in [3.8, 4) is 23.0 Å². The Morgan fingerprint density at radius 1 is 0.239 bits per heavy atom. The fourth-order valence-electron chi connectivity index (χ4n) is 8.23. The van der Waals surface area contributed by atoms with Gasteiger partial charge in [0.25, 0.3) is 0 Å². The Balaban J connectivity index is 0.000000194. The molecule has 0 atom stereocenters. The average molecular weight is 1160 g/mol. The van der Waals surface area contributed by atoms with Gasteiger partial charge in [-0.15, -0.1) is 0 Å². The van der Waals surface area contributed by atoms with Gasteiger partial charge in [-0.25, -0.2) is 0 Å². The van der Waals surface area contributed by atoms with Crippen LogP contribution in [0.3, 0.4) is 0 Å². The molecule has 0 saturated carbocycles. The molecule has 0 aliphatic heterocycles. The molecule has 0 unspecified atom stereocenters. The van der Waals surface area contributed by atoms with Gasteiger partial charge in [0.1, 0.15) is 23.0 Å². The molecule has 0 aromatic heterocycles. The Bertz CT molecular complexity index is 3540. The second kappa shape index (κ2) is 36.1. The first-order valence-electron chi connectivity index (χ1n) is 29.7. The zero-order valence-corrected chi connectivity index (χ0v) is 53.7. The number of rotatable bonds is 10. The maximum absolute atomic E-state index is 12.1. The second-order valence-electron chi connectivity index (χ2n) is 22.4. The maximum atomic E-state index is 12.1. The number of benzene rings is 11. The van der Waals surface area contributed by atoms with E-state index in [0.29, 0.717) is 0 Å². The van der Waals surface area contributed by atoms with Gasteiger partial charge >= 0.3 is 0 Å². The summed E-state index contributed by atoms with van der Waals surface area (Å²) in [6.45, 7) is 26.2. The molecule has 0 N–H and O–H groups in total. The summed E-state index contributed by atoms with van der Waals surface area (Å²) in [4.78, 5) is 33.6. The van der Waals surface area contributed by atoms with Gasteiger partial charge in [-0.3, -0.25) is 14.4 Å². The van der Waals surface area contributed by atoms with Crippen LogP contribution in [0.25, 0.3) is 0 Å². The monoisotopic (exact) mass is 1160 g/mol. The molecule has 88 heavy (non-hydrogen) atoms. The third-order valence-electron chi connectivity index (χ3n) is 14.0. The molecule has 0 aliphatic carbocycles. The Morgan fingerprint density at radius 3 is 0.670 bits per heavy atom. The Hall–Kier alpha value is -9.97. The molecule has 0 bridgehead atoms. The highest BCUT2D eigenvalue weighted by Crippen LogP contribution is 2.31. The molecule has 0 fully saturated rings. The van der Waals surface area contributed by atoms with Gasteiger partial charge in [-0.2, -0.15) is 0 Å². The van der Waals surface area contributed by atoms with Crippen molar-refractivity contribution in [2.75, 3.05) is 0 Å². The van der Waals surface area contributed by atoms with Crippen molar-refractivity contribution in [2.24, 2.45) is 0 Å². The van der Waals surface area contributed by atoms with Crippen LogP contribution in [0.2, 0.25) is 0 Å². The van der Waals surface area contributed by atoms with E-state index in [9.17, 15) is 14.4 Å². The molecule has 11 aromatic rings. The van der Waals surface area contributed by atoms with Gasteiger partial charge in [0, 0.05) is 27.7 Å². The number of ketones is 3. The fourth-order valence-corrected chi connectivity index (χ4v) is 8.23. The van der Waals surface area contributed by atoms with Crippen LogP contribution in [0.5, 0.6) is 23.0 Å². The van der Waals surface area contributed by atoms with Gasteiger partial charge in [-0.05, 0) is 136 Å². The standard InChI is InChI=1S/C20H18O2.C16H18.C15H14O.2C9H10O.C8H10.C6H6/c1-15-3-7-17(8-4-15)21-19-11-13-20(14-12-19)22-18-9-5-16(2)6-10-18;1-13-9-11-15(12-10-13)16(2,3)14-7-5-4-6-8-14;1-11-3-7-13(8-4-11)15(16)14-9-5-12(2)6-10-14;2*1-7-3-5-9(6-4-7)8(2)10;1-7-3-5-8(2)6-4-7;1-2-4-6-5-3-1/h3-14H,1-2H3;4-12H,1-3H3;3-10H,1-2H3;2*3-6H,1-2H3;3-6H,1-2H3;1-6H. The molecule has 0 saturated heterocycles. The van der Waals surface area contributed by atoms with E-state index in [-0.39, 0.29) is 22.8 Å². The maximum Gasteiger partial charge on any atom is 0.193 e. The average Bonchev–Trinajstić information content (AvgIpc) is 3.74. The van der Waals surface area contributed by atoms with E-state index in [4.69, 9.17) is 9.47 Å². The van der Waals surface area contributed by atoms with E-state index in [1.54, 1.807) is 13.8 Å². The predicted molar refractivity (Wildman–Crippen MR) is 369 cm³/mol. The number of hydrogen-bond acceptors (Lipinski definition) is 5. The largest absolute Gasteiger partial charge is 0.457 e. The summed E-state index contributed by atoms with van der Waals surface area (Å²) < 4.78 is 11.6. The van der Waals surface area contributed by atoms with Crippen LogP contribution in [0, 0.1) is 62.3 Å². The molecule has 448 valence electrons. The molecule has 5 heteroatoms. The number of carbonyl (C=O) groups excluding carboxylic acids is 3. The molecule has 0 aliphatic rings. The lowest BCUT2D eigenvalue weighted by atomic mass is 9.78. The molecule has 11 aromatic carbocycles. The van der Waals surface area contributed by atoms with Gasteiger partial charge < -0.3 is 9.47 Å². The first-order valence-corrected chi connectivity index (χ1v) is 29.7. The van der Waals surface area contributed by atoms with Crippen LogP contribution in [0.4, 0.5) is 0 Å². The lowest BCUT2D eigenvalue weighted by molar-refractivity contribution is 0.100. The zero-order chi connectivity index (χ0) is 63.8. The minimum atomic E-state index is 0.0783. The van der Waals surface area contributed by atoms with Gasteiger partial charge in [-0.1, -0.05) is 301 Å².